The average molecular weight is 278 g/mol. The molecule has 0 spiro atoms. The second-order valence-electron chi connectivity index (χ2n) is 4.54. The minimum atomic E-state index is 0.740. The number of benzene rings is 1. The van der Waals surface area contributed by atoms with Crippen molar-refractivity contribution >= 4 is 11.6 Å². The van der Waals surface area contributed by atoms with E-state index in [9.17, 15) is 0 Å². The molecule has 1 N–H and O–H groups in total. The van der Waals surface area contributed by atoms with Crippen LogP contribution in [0.5, 0.6) is 0 Å². The SMILES string of the molecule is CCCc1c(CNCC)cnn1-c1cccc(Cl)c1. The Morgan fingerprint density at radius 2 is 2.16 bits per heavy atom. The molecule has 1 heterocycles. The lowest BCUT2D eigenvalue weighted by Gasteiger charge is -2.09. The van der Waals surface area contributed by atoms with Gasteiger partial charge in [-0.3, -0.25) is 0 Å². The van der Waals surface area contributed by atoms with Crippen molar-refractivity contribution in [3.05, 3.63) is 46.7 Å². The van der Waals surface area contributed by atoms with Crippen LogP contribution in [0, 0.1) is 0 Å². The molecule has 0 aliphatic carbocycles. The van der Waals surface area contributed by atoms with Gasteiger partial charge in [-0.15, -0.1) is 0 Å². The van der Waals surface area contributed by atoms with E-state index in [1.54, 1.807) is 0 Å². The number of hydrogen-bond acceptors (Lipinski definition) is 2. The first-order chi connectivity index (χ1) is 9.26. The number of nitrogens with zero attached hydrogens (tertiary/aromatic N) is 2. The molecule has 0 saturated carbocycles. The number of aromatic nitrogens is 2. The Bertz CT molecular complexity index is 534. The van der Waals surface area contributed by atoms with Crippen molar-refractivity contribution in [2.45, 2.75) is 33.2 Å². The van der Waals surface area contributed by atoms with Gasteiger partial charge in [-0.05, 0) is 31.2 Å². The minimum Gasteiger partial charge on any atom is -0.313 e. The molecule has 0 radical (unpaired) electrons. The summed E-state index contributed by atoms with van der Waals surface area (Å²) < 4.78 is 2.00. The summed E-state index contributed by atoms with van der Waals surface area (Å²) in [5.74, 6) is 0. The zero-order valence-electron chi connectivity index (χ0n) is 11.5. The summed E-state index contributed by atoms with van der Waals surface area (Å²) in [6, 6.07) is 7.83. The van der Waals surface area contributed by atoms with Crippen LogP contribution in [0.15, 0.2) is 30.5 Å². The molecule has 102 valence electrons. The van der Waals surface area contributed by atoms with Gasteiger partial charge < -0.3 is 5.32 Å². The summed E-state index contributed by atoms with van der Waals surface area (Å²) in [5.41, 5.74) is 3.56. The van der Waals surface area contributed by atoms with E-state index < -0.39 is 0 Å². The van der Waals surface area contributed by atoms with Crippen molar-refractivity contribution in [1.82, 2.24) is 15.1 Å². The van der Waals surface area contributed by atoms with E-state index in [4.69, 9.17) is 11.6 Å². The first-order valence-electron chi connectivity index (χ1n) is 6.78. The fourth-order valence-corrected chi connectivity index (χ4v) is 2.33. The normalized spacial score (nSPS) is 10.9. The summed E-state index contributed by atoms with van der Waals surface area (Å²) in [5, 5.41) is 8.62. The summed E-state index contributed by atoms with van der Waals surface area (Å²) in [4.78, 5) is 0. The van der Waals surface area contributed by atoms with E-state index in [1.807, 2.05) is 35.1 Å². The Hall–Kier alpha value is -1.32. The van der Waals surface area contributed by atoms with E-state index in [1.165, 1.54) is 11.3 Å². The molecule has 2 aromatic rings. The molecule has 1 aromatic carbocycles. The summed E-state index contributed by atoms with van der Waals surface area (Å²) in [6.45, 7) is 6.13. The number of halogens is 1. The predicted octanol–water partition coefficient (Wildman–Crippen LogP) is 3.59. The smallest absolute Gasteiger partial charge is 0.0663 e. The van der Waals surface area contributed by atoms with Crippen LogP contribution in [0.3, 0.4) is 0 Å². The maximum atomic E-state index is 6.06. The highest BCUT2D eigenvalue weighted by atomic mass is 35.5. The monoisotopic (exact) mass is 277 g/mol. The highest BCUT2D eigenvalue weighted by Crippen LogP contribution is 2.19. The minimum absolute atomic E-state index is 0.740. The summed E-state index contributed by atoms with van der Waals surface area (Å²) in [6.07, 6.45) is 4.08. The Morgan fingerprint density at radius 3 is 2.84 bits per heavy atom. The average Bonchev–Trinajstić information content (AvgIpc) is 2.80. The molecule has 0 unspecified atom stereocenters. The van der Waals surface area contributed by atoms with Gasteiger partial charge in [0.05, 0.1) is 11.9 Å². The van der Waals surface area contributed by atoms with E-state index in [2.05, 4.69) is 24.3 Å². The van der Waals surface area contributed by atoms with Gasteiger partial charge in [-0.2, -0.15) is 5.10 Å². The first-order valence-corrected chi connectivity index (χ1v) is 7.16. The van der Waals surface area contributed by atoms with Gasteiger partial charge >= 0.3 is 0 Å². The molecule has 19 heavy (non-hydrogen) atoms. The zero-order chi connectivity index (χ0) is 13.7. The lowest BCUT2D eigenvalue weighted by Crippen LogP contribution is -2.13. The molecule has 0 bridgehead atoms. The molecule has 1 aromatic heterocycles. The zero-order valence-corrected chi connectivity index (χ0v) is 12.2. The molecule has 3 nitrogen and oxygen atoms in total. The van der Waals surface area contributed by atoms with Crippen LogP contribution >= 0.6 is 11.6 Å². The van der Waals surface area contributed by atoms with Gasteiger partial charge in [0.25, 0.3) is 0 Å². The highest BCUT2D eigenvalue weighted by Gasteiger charge is 2.11. The number of rotatable bonds is 6. The van der Waals surface area contributed by atoms with Crippen LogP contribution in [-0.2, 0) is 13.0 Å². The molecule has 0 fully saturated rings. The maximum absolute atomic E-state index is 6.06. The van der Waals surface area contributed by atoms with Gasteiger partial charge in [0.15, 0.2) is 0 Å². The van der Waals surface area contributed by atoms with Crippen LogP contribution in [0.25, 0.3) is 5.69 Å². The molecule has 0 saturated heterocycles. The Balaban J connectivity index is 2.36. The molecule has 0 aliphatic heterocycles. The lowest BCUT2D eigenvalue weighted by atomic mass is 10.1. The van der Waals surface area contributed by atoms with E-state index >= 15 is 0 Å². The van der Waals surface area contributed by atoms with Crippen LogP contribution in [0.4, 0.5) is 0 Å². The van der Waals surface area contributed by atoms with Crippen molar-refractivity contribution in [2.24, 2.45) is 0 Å². The summed E-state index contributed by atoms with van der Waals surface area (Å²) >= 11 is 6.06. The second kappa shape index (κ2) is 6.73. The van der Waals surface area contributed by atoms with Gasteiger partial charge in [-0.25, -0.2) is 4.68 Å². The van der Waals surface area contributed by atoms with Crippen molar-refractivity contribution in [1.29, 1.82) is 0 Å². The van der Waals surface area contributed by atoms with Crippen molar-refractivity contribution in [2.75, 3.05) is 6.54 Å². The third-order valence-corrected chi connectivity index (χ3v) is 3.30. The van der Waals surface area contributed by atoms with Crippen molar-refractivity contribution in [3.8, 4) is 5.69 Å². The van der Waals surface area contributed by atoms with Crippen LogP contribution < -0.4 is 5.32 Å². The van der Waals surface area contributed by atoms with Gasteiger partial charge in [0.2, 0.25) is 0 Å². The third-order valence-electron chi connectivity index (χ3n) is 3.06. The molecule has 2 rings (SSSR count). The van der Waals surface area contributed by atoms with Crippen LogP contribution in [0.2, 0.25) is 5.02 Å². The molecular formula is C15H20ClN3. The quantitative estimate of drug-likeness (QED) is 0.874. The van der Waals surface area contributed by atoms with Crippen LogP contribution in [0.1, 0.15) is 31.5 Å². The van der Waals surface area contributed by atoms with Crippen molar-refractivity contribution in [3.63, 3.8) is 0 Å². The number of hydrogen-bond donors (Lipinski definition) is 1. The highest BCUT2D eigenvalue weighted by molar-refractivity contribution is 6.30. The fraction of sp³-hybridized carbons (Fsp3) is 0.400. The fourth-order valence-electron chi connectivity index (χ4n) is 2.15. The van der Waals surface area contributed by atoms with E-state index in [-0.39, 0.29) is 0 Å². The largest absolute Gasteiger partial charge is 0.313 e. The third kappa shape index (κ3) is 3.37. The Kier molecular flexibility index (Phi) is 5.00. The second-order valence-corrected chi connectivity index (χ2v) is 4.97. The first kappa shape index (κ1) is 14.1. The molecular weight excluding hydrogens is 258 g/mol. The molecule has 0 aliphatic rings. The van der Waals surface area contributed by atoms with Crippen LogP contribution in [-0.4, -0.2) is 16.3 Å². The Morgan fingerprint density at radius 1 is 1.32 bits per heavy atom. The Labute approximate surface area is 119 Å². The summed E-state index contributed by atoms with van der Waals surface area (Å²) in [7, 11) is 0. The van der Waals surface area contributed by atoms with Gasteiger partial charge in [0, 0.05) is 22.8 Å². The van der Waals surface area contributed by atoms with Gasteiger partial charge in [0.1, 0.15) is 0 Å². The standard InChI is InChI=1S/C15H20ClN3/c1-3-6-15-12(10-17-4-2)11-18-19(15)14-8-5-7-13(16)9-14/h5,7-9,11,17H,3-4,6,10H2,1-2H3. The van der Waals surface area contributed by atoms with E-state index in [0.717, 1.165) is 36.6 Å². The lowest BCUT2D eigenvalue weighted by molar-refractivity contribution is 0.707. The maximum Gasteiger partial charge on any atom is 0.0663 e. The van der Waals surface area contributed by atoms with E-state index in [0.29, 0.717) is 0 Å². The van der Waals surface area contributed by atoms with Gasteiger partial charge in [-0.1, -0.05) is 37.9 Å². The molecule has 0 amide bonds. The number of nitrogens with one attached hydrogen (secondary N) is 1. The topological polar surface area (TPSA) is 29.9 Å². The predicted molar refractivity (Wildman–Crippen MR) is 79.9 cm³/mol. The molecule has 0 atom stereocenters. The molecule has 4 heteroatoms. The van der Waals surface area contributed by atoms with Crippen molar-refractivity contribution < 1.29 is 0 Å².